The summed E-state index contributed by atoms with van der Waals surface area (Å²) in [5, 5.41) is 3.82. The Hall–Kier alpha value is -1.10. The fourth-order valence-corrected chi connectivity index (χ4v) is 8.15. The fraction of sp³-hybridized carbons (Fsp3) is 0.677. The third kappa shape index (κ3) is 5.66. The van der Waals surface area contributed by atoms with Gasteiger partial charge in [0.25, 0.3) is 5.91 Å². The van der Waals surface area contributed by atoms with Crippen LogP contribution in [0.5, 0.6) is 0 Å². The van der Waals surface area contributed by atoms with Crippen molar-refractivity contribution in [3.8, 4) is 0 Å². The van der Waals surface area contributed by atoms with E-state index in [1.807, 2.05) is 6.07 Å². The van der Waals surface area contributed by atoms with Crippen molar-refractivity contribution < 1.29 is 4.79 Å². The Morgan fingerprint density at radius 3 is 2.03 bits per heavy atom. The predicted octanol–water partition coefficient (Wildman–Crippen LogP) is 6.32. The largest absolute Gasteiger partial charge is 0.351 e. The van der Waals surface area contributed by atoms with Gasteiger partial charge in [0, 0.05) is 37.6 Å². The van der Waals surface area contributed by atoms with E-state index in [9.17, 15) is 4.79 Å². The molecule has 1 aromatic carbocycles. The lowest BCUT2D eigenvalue weighted by molar-refractivity contribution is 0.0953. The minimum absolute atomic E-state index is 0. The Kier molecular flexibility index (Phi) is 9.44. The van der Waals surface area contributed by atoms with Crippen LogP contribution in [0.3, 0.4) is 0 Å². The van der Waals surface area contributed by atoms with Crippen molar-refractivity contribution >= 4 is 17.5 Å². The van der Waals surface area contributed by atoms with Crippen molar-refractivity contribution in [1.29, 1.82) is 0 Å². The van der Waals surface area contributed by atoms with Gasteiger partial charge in [-0.25, -0.2) is 0 Å². The van der Waals surface area contributed by atoms with Crippen LogP contribution in [0, 0.1) is 32.6 Å². The zero-order valence-electron chi connectivity index (χ0n) is 22.0. The van der Waals surface area contributed by atoms with Gasteiger partial charge in [0.2, 0.25) is 0 Å². The Morgan fingerprint density at radius 2 is 1.50 bits per heavy atom. The first-order valence-electron chi connectivity index (χ1n) is 14.0. The highest BCUT2D eigenvalue weighted by Gasteiger charge is 2.49. The topological polar surface area (TPSA) is 35.6 Å². The molecule has 1 amide bonds. The molecule has 1 N–H and O–H groups in total. The number of carbonyl (C=O) groups is 1. The number of hydrogen-bond donors (Lipinski definition) is 1. The Balaban J connectivity index is 0.00000152. The van der Waals surface area contributed by atoms with E-state index >= 15 is 0 Å². The van der Waals surface area contributed by atoms with Gasteiger partial charge in [0.15, 0.2) is 0 Å². The summed E-state index contributed by atoms with van der Waals surface area (Å²) >= 11 is 6.62. The molecule has 5 radical (unpaired) electrons. The zero-order chi connectivity index (χ0) is 23.1. The van der Waals surface area contributed by atoms with Crippen molar-refractivity contribution in [2.24, 2.45) is 11.8 Å². The van der Waals surface area contributed by atoms with E-state index in [-0.39, 0.29) is 20.8 Å². The minimum Gasteiger partial charge on any atom is -0.351 e. The lowest BCUT2D eigenvalue weighted by Crippen LogP contribution is -2.45. The van der Waals surface area contributed by atoms with Crippen molar-refractivity contribution in [3.63, 3.8) is 0 Å². The molecular formula is C31H45ClN3O. The summed E-state index contributed by atoms with van der Waals surface area (Å²) in [6.45, 7) is 5.76. The standard InChI is InChI=1S/C29H41ClN3O.2CH2/c30-25-9-8-23(16-24(25)29(34)31-17-20-6-4-2-1-3-5-7-20)28(26-14-21-10-12-32(26)18-21)27-15-22-11-13-33(27)19-22;;/h8-9,16,21-22,26-28H,1-7,10-15,17-19H2,(H,31,34);2*1H2. The highest BCUT2D eigenvalue weighted by atomic mass is 35.5. The quantitative estimate of drug-likeness (QED) is 0.486. The molecule has 197 valence electrons. The van der Waals surface area contributed by atoms with E-state index in [2.05, 4.69) is 27.2 Å². The van der Waals surface area contributed by atoms with Crippen LogP contribution in [0.2, 0.25) is 5.02 Å². The molecule has 4 nitrogen and oxygen atoms in total. The van der Waals surface area contributed by atoms with Crippen LogP contribution in [-0.4, -0.2) is 60.5 Å². The lowest BCUT2D eigenvalue weighted by atomic mass is 9.78. The first kappa shape index (κ1) is 27.9. The number of fused-ring (bicyclic) bond motifs is 4. The van der Waals surface area contributed by atoms with Gasteiger partial charge in [-0.1, -0.05) is 64.6 Å². The second-order valence-corrected chi connectivity index (χ2v) is 12.3. The van der Waals surface area contributed by atoms with Gasteiger partial charge in [-0.15, -0.1) is 0 Å². The third-order valence-electron chi connectivity index (χ3n) is 9.73. The molecule has 6 atom stereocenters. The predicted molar refractivity (Wildman–Crippen MR) is 149 cm³/mol. The second-order valence-electron chi connectivity index (χ2n) is 11.9. The summed E-state index contributed by atoms with van der Waals surface area (Å²) in [5.74, 6) is 3.73. The number of hydrogen-bond acceptors (Lipinski definition) is 3. The number of benzene rings is 1. The maximum atomic E-state index is 13.3. The summed E-state index contributed by atoms with van der Waals surface area (Å²) in [6.07, 6.45) is 14.2. The molecule has 5 aliphatic rings. The van der Waals surface area contributed by atoms with Gasteiger partial charge in [0.1, 0.15) is 0 Å². The highest BCUT2D eigenvalue weighted by Crippen LogP contribution is 2.47. The first-order valence-corrected chi connectivity index (χ1v) is 14.4. The molecule has 0 spiro atoms. The maximum absolute atomic E-state index is 13.3. The second kappa shape index (κ2) is 12.2. The average molecular weight is 511 g/mol. The molecule has 1 saturated carbocycles. The summed E-state index contributed by atoms with van der Waals surface area (Å²) < 4.78 is 0. The van der Waals surface area contributed by atoms with E-state index in [4.69, 9.17) is 11.6 Å². The SMILES string of the molecule is O=C(NC[C]1CCCCCCC1)c1cc(C(C2CC3CCN2C3)C2CC3CCN2C3)ccc1Cl.[CH2].[CH2]. The maximum Gasteiger partial charge on any atom is 0.252 e. The molecule has 6 unspecified atom stereocenters. The summed E-state index contributed by atoms with van der Waals surface area (Å²) in [6, 6.07) is 7.61. The molecule has 4 saturated heterocycles. The van der Waals surface area contributed by atoms with Gasteiger partial charge >= 0.3 is 0 Å². The minimum atomic E-state index is 0. The number of halogens is 1. The summed E-state index contributed by atoms with van der Waals surface area (Å²) in [4.78, 5) is 18.8. The van der Waals surface area contributed by atoms with Gasteiger partial charge in [-0.3, -0.25) is 14.6 Å². The van der Waals surface area contributed by atoms with Crippen LogP contribution < -0.4 is 5.32 Å². The van der Waals surface area contributed by atoms with Gasteiger partial charge < -0.3 is 5.32 Å². The Morgan fingerprint density at radius 1 is 0.917 bits per heavy atom. The number of nitrogens with one attached hydrogen (secondary N) is 1. The van der Waals surface area contributed by atoms with Crippen molar-refractivity contribution in [3.05, 3.63) is 55.1 Å². The molecule has 1 aliphatic carbocycles. The molecule has 4 bridgehead atoms. The number of amides is 1. The molecule has 5 fully saturated rings. The van der Waals surface area contributed by atoms with Crippen LogP contribution >= 0.6 is 11.6 Å². The molecule has 4 heterocycles. The lowest BCUT2D eigenvalue weighted by Gasteiger charge is -2.41. The van der Waals surface area contributed by atoms with Gasteiger partial charge in [-0.2, -0.15) is 0 Å². The van der Waals surface area contributed by atoms with E-state index in [0.717, 1.165) is 24.7 Å². The van der Waals surface area contributed by atoms with E-state index < -0.39 is 0 Å². The van der Waals surface area contributed by atoms with Crippen molar-refractivity contribution in [1.82, 2.24) is 15.1 Å². The Bertz CT molecular complexity index is 855. The molecule has 6 rings (SSSR count). The van der Waals surface area contributed by atoms with Crippen LogP contribution in [0.4, 0.5) is 0 Å². The Labute approximate surface area is 225 Å². The van der Waals surface area contributed by atoms with Crippen molar-refractivity contribution in [2.75, 3.05) is 32.7 Å². The molecule has 36 heavy (non-hydrogen) atoms. The third-order valence-corrected chi connectivity index (χ3v) is 10.1. The van der Waals surface area contributed by atoms with Gasteiger partial charge in [0.05, 0.1) is 10.6 Å². The number of rotatable bonds is 6. The van der Waals surface area contributed by atoms with E-state index in [1.165, 1.54) is 95.4 Å². The monoisotopic (exact) mass is 510 g/mol. The zero-order valence-corrected chi connectivity index (χ0v) is 22.8. The van der Waals surface area contributed by atoms with Crippen molar-refractivity contribution in [2.45, 2.75) is 88.6 Å². The van der Waals surface area contributed by atoms with E-state index in [1.54, 1.807) is 0 Å². The number of carbonyl (C=O) groups excluding carboxylic acids is 1. The number of nitrogens with zero attached hydrogens (tertiary/aromatic N) is 2. The van der Waals surface area contributed by atoms with E-state index in [0.29, 0.717) is 35.1 Å². The molecule has 1 aromatic rings. The summed E-state index contributed by atoms with van der Waals surface area (Å²) in [7, 11) is 0. The first-order chi connectivity index (χ1) is 16.7. The van der Waals surface area contributed by atoms with Crippen LogP contribution in [0.25, 0.3) is 0 Å². The molecule has 5 heteroatoms. The molecule has 4 aliphatic heterocycles. The number of piperidine rings is 2. The normalized spacial score (nSPS) is 34.4. The highest BCUT2D eigenvalue weighted by molar-refractivity contribution is 6.33. The van der Waals surface area contributed by atoms with Crippen LogP contribution in [0.1, 0.15) is 92.5 Å². The van der Waals surface area contributed by atoms with Crippen LogP contribution in [0.15, 0.2) is 18.2 Å². The molecule has 0 aromatic heterocycles. The summed E-state index contributed by atoms with van der Waals surface area (Å²) in [5.41, 5.74) is 2.01. The molecular weight excluding hydrogens is 466 g/mol. The van der Waals surface area contributed by atoms with Gasteiger partial charge in [-0.05, 0) is 87.1 Å². The smallest absolute Gasteiger partial charge is 0.252 e. The average Bonchev–Trinajstić information content (AvgIpc) is 3.62. The fourth-order valence-electron chi connectivity index (χ4n) is 7.95. The van der Waals surface area contributed by atoms with Crippen LogP contribution in [-0.2, 0) is 0 Å².